The van der Waals surface area contributed by atoms with Gasteiger partial charge in [-0.25, -0.2) is 4.98 Å². The van der Waals surface area contributed by atoms with E-state index in [0.717, 1.165) is 29.6 Å². The molecule has 0 spiro atoms. The van der Waals surface area contributed by atoms with Crippen molar-refractivity contribution in [2.24, 2.45) is 0 Å². The lowest BCUT2D eigenvalue weighted by Crippen LogP contribution is -2.48. The van der Waals surface area contributed by atoms with Gasteiger partial charge < -0.3 is 15.1 Å². The Bertz CT molecular complexity index is 796. The summed E-state index contributed by atoms with van der Waals surface area (Å²) in [5, 5.41) is 4.24. The van der Waals surface area contributed by atoms with E-state index in [2.05, 4.69) is 21.3 Å². The fourth-order valence-corrected chi connectivity index (χ4v) is 4.27. The maximum atomic E-state index is 12.8. The SMILES string of the molecule is O=C(c1ccc(NC2CCCCC2)nc1)N1CCN(c2cccc(Cl)c2)CC1. The van der Waals surface area contributed by atoms with Crippen LogP contribution in [0.1, 0.15) is 42.5 Å². The summed E-state index contributed by atoms with van der Waals surface area (Å²) in [6.45, 7) is 3.02. The van der Waals surface area contributed by atoms with Gasteiger partial charge in [-0.1, -0.05) is 36.9 Å². The van der Waals surface area contributed by atoms with Gasteiger partial charge in [-0.2, -0.15) is 0 Å². The fourth-order valence-electron chi connectivity index (χ4n) is 4.08. The number of hydrogen-bond acceptors (Lipinski definition) is 4. The maximum absolute atomic E-state index is 12.8. The Kier molecular flexibility index (Phi) is 6.01. The van der Waals surface area contributed by atoms with Gasteiger partial charge in [-0.3, -0.25) is 4.79 Å². The van der Waals surface area contributed by atoms with Crippen molar-refractivity contribution in [3.8, 4) is 0 Å². The Labute approximate surface area is 171 Å². The van der Waals surface area contributed by atoms with Crippen molar-refractivity contribution in [3.63, 3.8) is 0 Å². The van der Waals surface area contributed by atoms with Gasteiger partial charge >= 0.3 is 0 Å². The molecule has 5 nitrogen and oxygen atoms in total. The fraction of sp³-hybridized carbons (Fsp3) is 0.455. The summed E-state index contributed by atoms with van der Waals surface area (Å²) in [4.78, 5) is 21.5. The van der Waals surface area contributed by atoms with Crippen LogP contribution in [0.4, 0.5) is 11.5 Å². The predicted octanol–water partition coefficient (Wildman–Crippen LogP) is 4.44. The van der Waals surface area contributed by atoms with Gasteiger partial charge in [0.25, 0.3) is 5.91 Å². The van der Waals surface area contributed by atoms with Gasteiger partial charge in [-0.15, -0.1) is 0 Å². The zero-order valence-corrected chi connectivity index (χ0v) is 16.9. The number of aromatic nitrogens is 1. The second kappa shape index (κ2) is 8.82. The lowest BCUT2D eigenvalue weighted by Gasteiger charge is -2.36. The van der Waals surface area contributed by atoms with Crippen molar-refractivity contribution >= 4 is 29.0 Å². The highest BCUT2D eigenvalue weighted by molar-refractivity contribution is 6.30. The van der Waals surface area contributed by atoms with Crippen LogP contribution in [0.3, 0.4) is 0 Å². The number of hydrogen-bond donors (Lipinski definition) is 1. The van der Waals surface area contributed by atoms with E-state index in [1.807, 2.05) is 35.2 Å². The van der Waals surface area contributed by atoms with E-state index in [-0.39, 0.29) is 5.91 Å². The van der Waals surface area contributed by atoms with Gasteiger partial charge in [-0.05, 0) is 43.2 Å². The quantitative estimate of drug-likeness (QED) is 0.826. The average Bonchev–Trinajstić information content (AvgIpc) is 2.75. The van der Waals surface area contributed by atoms with Crippen molar-refractivity contribution in [1.82, 2.24) is 9.88 Å². The van der Waals surface area contributed by atoms with E-state index < -0.39 is 0 Å². The Morgan fingerprint density at radius 3 is 2.50 bits per heavy atom. The molecule has 2 aliphatic rings. The van der Waals surface area contributed by atoms with Crippen LogP contribution in [0.2, 0.25) is 5.02 Å². The Morgan fingerprint density at radius 1 is 1.04 bits per heavy atom. The summed E-state index contributed by atoms with van der Waals surface area (Å²) >= 11 is 6.09. The number of nitrogens with one attached hydrogen (secondary N) is 1. The monoisotopic (exact) mass is 398 g/mol. The summed E-state index contributed by atoms with van der Waals surface area (Å²) in [6.07, 6.45) is 8.03. The molecule has 1 N–H and O–H groups in total. The van der Waals surface area contributed by atoms with Gasteiger partial charge in [0.15, 0.2) is 0 Å². The molecule has 0 unspecified atom stereocenters. The smallest absolute Gasteiger partial charge is 0.255 e. The summed E-state index contributed by atoms with van der Waals surface area (Å²) in [6, 6.07) is 12.2. The molecule has 6 heteroatoms. The highest BCUT2D eigenvalue weighted by Gasteiger charge is 2.23. The van der Waals surface area contributed by atoms with Crippen LogP contribution in [0.15, 0.2) is 42.6 Å². The molecule has 1 saturated heterocycles. The van der Waals surface area contributed by atoms with Crippen LogP contribution < -0.4 is 10.2 Å². The van der Waals surface area contributed by atoms with Crippen molar-refractivity contribution in [3.05, 3.63) is 53.2 Å². The lowest BCUT2D eigenvalue weighted by molar-refractivity contribution is 0.0746. The largest absolute Gasteiger partial charge is 0.368 e. The highest BCUT2D eigenvalue weighted by atomic mass is 35.5. The first-order valence-electron chi connectivity index (χ1n) is 10.2. The van der Waals surface area contributed by atoms with Crippen LogP contribution in [-0.2, 0) is 0 Å². The summed E-state index contributed by atoms with van der Waals surface area (Å²) in [7, 11) is 0. The van der Waals surface area contributed by atoms with E-state index in [1.165, 1.54) is 32.1 Å². The number of amides is 1. The van der Waals surface area contributed by atoms with E-state index in [1.54, 1.807) is 6.20 Å². The molecule has 1 saturated carbocycles. The molecule has 28 heavy (non-hydrogen) atoms. The molecule has 2 heterocycles. The Hall–Kier alpha value is -2.27. The summed E-state index contributed by atoms with van der Waals surface area (Å²) < 4.78 is 0. The third-order valence-corrected chi connectivity index (χ3v) is 5.94. The van der Waals surface area contributed by atoms with Gasteiger partial charge in [0.05, 0.1) is 5.56 Å². The predicted molar refractivity (Wildman–Crippen MR) is 114 cm³/mol. The highest BCUT2D eigenvalue weighted by Crippen LogP contribution is 2.22. The summed E-state index contributed by atoms with van der Waals surface area (Å²) in [5.41, 5.74) is 1.77. The van der Waals surface area contributed by atoms with Crippen LogP contribution in [0.25, 0.3) is 0 Å². The number of carbonyl (C=O) groups excluding carboxylic acids is 1. The van der Waals surface area contributed by atoms with Gasteiger partial charge in [0, 0.05) is 49.1 Å². The molecule has 0 atom stereocenters. The van der Waals surface area contributed by atoms with Crippen molar-refractivity contribution < 1.29 is 4.79 Å². The minimum absolute atomic E-state index is 0.0578. The third-order valence-electron chi connectivity index (χ3n) is 5.71. The molecule has 1 aliphatic carbocycles. The molecule has 1 amide bonds. The van der Waals surface area contributed by atoms with Crippen LogP contribution in [-0.4, -0.2) is 48.0 Å². The topological polar surface area (TPSA) is 48.5 Å². The molecule has 2 aromatic rings. The molecule has 0 bridgehead atoms. The number of piperazine rings is 1. The zero-order chi connectivity index (χ0) is 19.3. The molecule has 148 valence electrons. The summed E-state index contributed by atoms with van der Waals surface area (Å²) in [5.74, 6) is 0.927. The second-order valence-electron chi connectivity index (χ2n) is 7.67. The molecule has 0 radical (unpaired) electrons. The zero-order valence-electron chi connectivity index (χ0n) is 16.1. The first kappa shape index (κ1) is 19.1. The Balaban J connectivity index is 1.32. The third kappa shape index (κ3) is 4.58. The lowest BCUT2D eigenvalue weighted by atomic mass is 9.95. The number of carbonyl (C=O) groups is 1. The Morgan fingerprint density at radius 2 is 1.82 bits per heavy atom. The normalized spacial score (nSPS) is 18.2. The molecule has 1 aromatic carbocycles. The van der Waals surface area contributed by atoms with E-state index in [0.29, 0.717) is 24.7 Å². The van der Waals surface area contributed by atoms with Crippen LogP contribution >= 0.6 is 11.6 Å². The minimum Gasteiger partial charge on any atom is -0.368 e. The number of pyridine rings is 1. The number of anilines is 2. The number of halogens is 1. The number of rotatable bonds is 4. The first-order chi connectivity index (χ1) is 13.7. The van der Waals surface area contributed by atoms with Crippen LogP contribution in [0, 0.1) is 0 Å². The standard InChI is InChI=1S/C22H27ClN4O/c23-18-5-4-8-20(15-18)26-11-13-27(14-12-26)22(28)17-9-10-21(24-16-17)25-19-6-2-1-3-7-19/h4-5,8-10,15-16,19H,1-3,6-7,11-14H2,(H,24,25). The molecule has 1 aliphatic heterocycles. The van der Waals surface area contributed by atoms with Gasteiger partial charge in [0.2, 0.25) is 0 Å². The van der Waals surface area contributed by atoms with Crippen molar-refractivity contribution in [2.75, 3.05) is 36.4 Å². The molecule has 2 fully saturated rings. The van der Waals surface area contributed by atoms with Crippen molar-refractivity contribution in [1.29, 1.82) is 0 Å². The van der Waals surface area contributed by atoms with E-state index in [4.69, 9.17) is 11.6 Å². The molecule has 4 rings (SSSR count). The number of benzene rings is 1. The van der Waals surface area contributed by atoms with Crippen molar-refractivity contribution in [2.45, 2.75) is 38.1 Å². The van der Waals surface area contributed by atoms with Crippen LogP contribution in [0.5, 0.6) is 0 Å². The maximum Gasteiger partial charge on any atom is 0.255 e. The van der Waals surface area contributed by atoms with Gasteiger partial charge in [0.1, 0.15) is 5.82 Å². The molecular weight excluding hydrogens is 372 g/mol. The first-order valence-corrected chi connectivity index (χ1v) is 10.6. The number of nitrogens with zero attached hydrogens (tertiary/aromatic N) is 3. The minimum atomic E-state index is 0.0578. The van der Waals surface area contributed by atoms with E-state index in [9.17, 15) is 4.79 Å². The van der Waals surface area contributed by atoms with E-state index >= 15 is 0 Å². The average molecular weight is 399 g/mol. The second-order valence-corrected chi connectivity index (χ2v) is 8.11. The molecular formula is C22H27ClN4O. The molecule has 1 aromatic heterocycles.